The van der Waals surface area contributed by atoms with E-state index in [2.05, 4.69) is 59.1 Å². The van der Waals surface area contributed by atoms with Gasteiger partial charge in [-0.2, -0.15) is 0 Å². The molecule has 1 fully saturated rings. The molecule has 0 saturated heterocycles. The van der Waals surface area contributed by atoms with Crippen LogP contribution in [0.15, 0.2) is 37.0 Å². The van der Waals surface area contributed by atoms with Gasteiger partial charge in [0.1, 0.15) is 5.82 Å². The SMILES string of the molecule is C=C1C=CN(C2CCC(CC(C)I)C2)C(=C)N1.CO. The fraction of sp³-hybridized carbons (Fsp3) is 0.600. The van der Waals surface area contributed by atoms with E-state index in [1.54, 1.807) is 0 Å². The molecule has 108 valence electrons. The van der Waals surface area contributed by atoms with E-state index in [1.807, 2.05) is 6.08 Å². The number of allylic oxidation sites excluding steroid dienone is 1. The summed E-state index contributed by atoms with van der Waals surface area (Å²) in [5.41, 5.74) is 0.932. The van der Waals surface area contributed by atoms with Gasteiger partial charge in [-0.3, -0.25) is 0 Å². The number of nitrogens with one attached hydrogen (secondary N) is 1. The summed E-state index contributed by atoms with van der Waals surface area (Å²) in [5.74, 6) is 1.86. The van der Waals surface area contributed by atoms with Gasteiger partial charge in [0.05, 0.1) is 0 Å². The number of aliphatic hydroxyl groups is 1. The van der Waals surface area contributed by atoms with Crippen molar-refractivity contribution in [1.82, 2.24) is 10.2 Å². The minimum absolute atomic E-state index is 0.625. The Morgan fingerprint density at radius 1 is 1.47 bits per heavy atom. The summed E-state index contributed by atoms with van der Waals surface area (Å²) < 4.78 is 0.786. The maximum atomic E-state index is 7.00. The Morgan fingerprint density at radius 2 is 2.16 bits per heavy atom. The maximum Gasteiger partial charge on any atom is 0.103 e. The molecule has 0 bridgehead atoms. The van der Waals surface area contributed by atoms with Gasteiger partial charge in [0, 0.05) is 29.0 Å². The van der Waals surface area contributed by atoms with Gasteiger partial charge in [-0.15, -0.1) is 0 Å². The van der Waals surface area contributed by atoms with E-state index in [9.17, 15) is 0 Å². The van der Waals surface area contributed by atoms with Gasteiger partial charge in [-0.1, -0.05) is 42.7 Å². The van der Waals surface area contributed by atoms with Crippen LogP contribution in [0.2, 0.25) is 0 Å². The molecule has 0 aromatic heterocycles. The molecule has 3 atom stereocenters. The fourth-order valence-corrected chi connectivity index (χ4v) is 3.59. The summed E-state index contributed by atoms with van der Waals surface area (Å²) in [6.07, 6.45) is 9.44. The average molecular weight is 376 g/mol. The molecule has 0 radical (unpaired) electrons. The highest BCUT2D eigenvalue weighted by Gasteiger charge is 2.30. The van der Waals surface area contributed by atoms with Crippen molar-refractivity contribution >= 4 is 22.6 Å². The first-order chi connectivity index (χ1) is 9.06. The summed E-state index contributed by atoms with van der Waals surface area (Å²) in [6, 6.07) is 0.625. The van der Waals surface area contributed by atoms with E-state index in [1.165, 1.54) is 25.7 Å². The summed E-state index contributed by atoms with van der Waals surface area (Å²) in [6.45, 7) is 10.3. The normalized spacial score (nSPS) is 27.7. The number of hydrogen-bond acceptors (Lipinski definition) is 3. The number of halogens is 1. The standard InChI is InChI=1S/C14H21IN2.CH4O/c1-10(15)8-13-4-5-14(9-13)17-7-6-11(2)16-12(17)3;1-2/h6-7,10,13-14,16H,2-5,8-9H2,1H3;2H,1H3. The number of hydrogen-bond donors (Lipinski definition) is 2. The fourth-order valence-electron chi connectivity index (χ4n) is 2.87. The predicted molar refractivity (Wildman–Crippen MR) is 89.8 cm³/mol. The molecule has 2 N–H and O–H groups in total. The first-order valence-corrected chi connectivity index (χ1v) is 8.01. The topological polar surface area (TPSA) is 35.5 Å². The van der Waals surface area contributed by atoms with Crippen molar-refractivity contribution < 1.29 is 5.11 Å². The molecule has 1 heterocycles. The molecule has 1 saturated carbocycles. The molecule has 1 aliphatic heterocycles. The van der Waals surface area contributed by atoms with E-state index < -0.39 is 0 Å². The third kappa shape index (κ3) is 4.84. The molecule has 2 aliphatic rings. The highest BCUT2D eigenvalue weighted by atomic mass is 127. The quantitative estimate of drug-likeness (QED) is 0.586. The molecule has 4 heteroatoms. The summed E-state index contributed by atoms with van der Waals surface area (Å²) >= 11 is 2.53. The van der Waals surface area contributed by atoms with Gasteiger partial charge < -0.3 is 15.3 Å². The van der Waals surface area contributed by atoms with Crippen LogP contribution in [0.25, 0.3) is 0 Å². The Kier molecular flexibility index (Phi) is 6.93. The minimum Gasteiger partial charge on any atom is -0.400 e. The zero-order valence-corrected chi connectivity index (χ0v) is 14.1. The molecule has 0 aromatic carbocycles. The smallest absolute Gasteiger partial charge is 0.103 e. The van der Waals surface area contributed by atoms with Crippen LogP contribution < -0.4 is 5.32 Å². The van der Waals surface area contributed by atoms with E-state index in [0.717, 1.165) is 28.5 Å². The second-order valence-electron chi connectivity index (χ2n) is 5.17. The van der Waals surface area contributed by atoms with Crippen LogP contribution in [0.3, 0.4) is 0 Å². The molecular formula is C15H25IN2O. The summed E-state index contributed by atoms with van der Waals surface area (Å²) in [7, 11) is 1.00. The number of rotatable bonds is 3. The van der Waals surface area contributed by atoms with Gasteiger partial charge in [0.2, 0.25) is 0 Å². The van der Waals surface area contributed by atoms with Crippen molar-refractivity contribution in [3.63, 3.8) is 0 Å². The van der Waals surface area contributed by atoms with E-state index in [-0.39, 0.29) is 0 Å². The van der Waals surface area contributed by atoms with Crippen molar-refractivity contribution in [3.05, 3.63) is 37.0 Å². The van der Waals surface area contributed by atoms with Crippen molar-refractivity contribution in [3.8, 4) is 0 Å². The first-order valence-electron chi connectivity index (χ1n) is 6.76. The van der Waals surface area contributed by atoms with E-state index >= 15 is 0 Å². The third-order valence-electron chi connectivity index (χ3n) is 3.62. The van der Waals surface area contributed by atoms with Crippen LogP contribution in [-0.2, 0) is 0 Å². The molecule has 0 aromatic rings. The average Bonchev–Trinajstić information content (AvgIpc) is 2.79. The number of aliphatic hydroxyl groups excluding tert-OH is 1. The zero-order valence-electron chi connectivity index (χ0n) is 11.9. The van der Waals surface area contributed by atoms with Crippen LogP contribution in [0.1, 0.15) is 32.6 Å². The third-order valence-corrected chi connectivity index (χ3v) is 4.13. The Hall–Kier alpha value is -0.490. The molecule has 0 amide bonds. The predicted octanol–water partition coefficient (Wildman–Crippen LogP) is 3.38. The van der Waals surface area contributed by atoms with Crippen LogP contribution in [0, 0.1) is 5.92 Å². The highest BCUT2D eigenvalue weighted by Crippen LogP contribution is 2.35. The van der Waals surface area contributed by atoms with E-state index in [4.69, 9.17) is 5.11 Å². The molecule has 1 aliphatic carbocycles. The highest BCUT2D eigenvalue weighted by molar-refractivity contribution is 14.1. The maximum absolute atomic E-state index is 7.00. The van der Waals surface area contributed by atoms with Crippen molar-refractivity contribution in [2.45, 2.75) is 42.6 Å². The van der Waals surface area contributed by atoms with Gasteiger partial charge in [-0.25, -0.2) is 0 Å². The minimum atomic E-state index is 0.625. The first kappa shape index (κ1) is 16.6. The Balaban J connectivity index is 0.000000861. The van der Waals surface area contributed by atoms with Gasteiger partial charge >= 0.3 is 0 Å². The lowest BCUT2D eigenvalue weighted by Gasteiger charge is -2.33. The van der Waals surface area contributed by atoms with Crippen LogP contribution in [0.5, 0.6) is 0 Å². The lowest BCUT2D eigenvalue weighted by Crippen LogP contribution is -2.36. The summed E-state index contributed by atoms with van der Waals surface area (Å²) in [4.78, 5) is 2.28. The second kappa shape index (κ2) is 7.94. The molecule has 19 heavy (non-hydrogen) atoms. The lowest BCUT2D eigenvalue weighted by molar-refractivity contribution is 0.312. The van der Waals surface area contributed by atoms with Crippen molar-refractivity contribution in [2.75, 3.05) is 7.11 Å². The lowest BCUT2D eigenvalue weighted by atomic mass is 10.0. The Bertz CT molecular complexity index is 352. The van der Waals surface area contributed by atoms with Crippen LogP contribution in [-0.4, -0.2) is 27.1 Å². The van der Waals surface area contributed by atoms with Gasteiger partial charge in [-0.05, 0) is 37.7 Å². The van der Waals surface area contributed by atoms with Crippen molar-refractivity contribution in [1.29, 1.82) is 0 Å². The van der Waals surface area contributed by atoms with Gasteiger partial charge in [0.25, 0.3) is 0 Å². The molecule has 3 unspecified atom stereocenters. The van der Waals surface area contributed by atoms with E-state index in [0.29, 0.717) is 6.04 Å². The Morgan fingerprint density at radius 3 is 2.74 bits per heavy atom. The van der Waals surface area contributed by atoms with Crippen molar-refractivity contribution in [2.24, 2.45) is 5.92 Å². The van der Waals surface area contributed by atoms with Gasteiger partial charge in [0.15, 0.2) is 0 Å². The number of nitrogens with zero attached hydrogens (tertiary/aromatic N) is 1. The monoisotopic (exact) mass is 376 g/mol. The molecular weight excluding hydrogens is 351 g/mol. The number of alkyl halides is 1. The molecule has 2 rings (SSSR count). The Labute approximate surface area is 130 Å². The van der Waals surface area contributed by atoms with Crippen LogP contribution >= 0.6 is 22.6 Å². The zero-order chi connectivity index (χ0) is 14.4. The second-order valence-corrected chi connectivity index (χ2v) is 7.30. The molecule has 3 nitrogen and oxygen atoms in total. The van der Waals surface area contributed by atoms with Crippen LogP contribution in [0.4, 0.5) is 0 Å². The molecule has 0 spiro atoms. The summed E-state index contributed by atoms with van der Waals surface area (Å²) in [5, 5.41) is 10.2. The largest absolute Gasteiger partial charge is 0.400 e.